The molecule has 5 heteroatoms. The van der Waals surface area contributed by atoms with Crippen LogP contribution in [0.4, 0.5) is 0 Å². The van der Waals surface area contributed by atoms with Crippen LogP contribution in [0.5, 0.6) is 0 Å². The maximum absolute atomic E-state index is 12.8. The molecule has 1 heterocycles. The Labute approximate surface area is 151 Å². The van der Waals surface area contributed by atoms with Crippen molar-refractivity contribution in [2.45, 2.75) is 78.9 Å². The Kier molecular flexibility index (Phi) is 8.29. The molecule has 0 aliphatic carbocycles. The largest absolute Gasteiger partial charge is 0.465 e. The third-order valence-corrected chi connectivity index (χ3v) is 5.44. The van der Waals surface area contributed by atoms with E-state index in [1.807, 2.05) is 13.8 Å². The highest BCUT2D eigenvalue weighted by atomic mass is 16.5. The summed E-state index contributed by atoms with van der Waals surface area (Å²) in [5.74, 6) is -1.33. The predicted molar refractivity (Wildman–Crippen MR) is 96.9 cm³/mol. The molecule has 0 aromatic heterocycles. The minimum absolute atomic E-state index is 0.00226. The van der Waals surface area contributed by atoms with E-state index in [2.05, 4.69) is 6.08 Å². The summed E-state index contributed by atoms with van der Waals surface area (Å²) < 4.78 is 5.15. The average molecular weight is 354 g/mol. The maximum atomic E-state index is 12.8. The zero-order valence-corrected chi connectivity index (χ0v) is 16.2. The molecule has 0 spiro atoms. The van der Waals surface area contributed by atoms with Gasteiger partial charge in [0.25, 0.3) is 0 Å². The van der Waals surface area contributed by atoms with Crippen LogP contribution >= 0.6 is 0 Å². The van der Waals surface area contributed by atoms with Crippen LogP contribution in [0.3, 0.4) is 0 Å². The number of aliphatic hydroxyl groups is 2. The number of carbonyl (C=O) groups excluding carboxylic acids is 2. The van der Waals surface area contributed by atoms with Crippen molar-refractivity contribution in [2.75, 3.05) is 6.61 Å². The maximum Gasteiger partial charge on any atom is 0.308 e. The number of hydrogen-bond acceptors (Lipinski definition) is 5. The molecule has 144 valence electrons. The molecule has 0 aromatic carbocycles. The van der Waals surface area contributed by atoms with Gasteiger partial charge in [-0.05, 0) is 38.5 Å². The lowest BCUT2D eigenvalue weighted by Crippen LogP contribution is -2.45. The fourth-order valence-electron chi connectivity index (χ4n) is 3.32. The van der Waals surface area contributed by atoms with Gasteiger partial charge in [-0.1, -0.05) is 39.3 Å². The third-order valence-electron chi connectivity index (χ3n) is 5.44. The molecule has 0 saturated heterocycles. The van der Waals surface area contributed by atoms with Crippen LogP contribution in [0.25, 0.3) is 0 Å². The Morgan fingerprint density at radius 3 is 2.48 bits per heavy atom. The summed E-state index contributed by atoms with van der Waals surface area (Å²) in [5.41, 5.74) is 0.113. The number of rotatable bonds is 0. The summed E-state index contributed by atoms with van der Waals surface area (Å²) in [5, 5.41) is 20.9. The third kappa shape index (κ3) is 6.23. The molecular formula is C20H34O5. The van der Waals surface area contributed by atoms with E-state index in [9.17, 15) is 19.8 Å². The summed E-state index contributed by atoms with van der Waals surface area (Å²) in [6.45, 7) is 9.22. The molecule has 4 atom stereocenters. The van der Waals surface area contributed by atoms with Crippen molar-refractivity contribution in [3.05, 3.63) is 11.6 Å². The van der Waals surface area contributed by atoms with Gasteiger partial charge >= 0.3 is 5.97 Å². The van der Waals surface area contributed by atoms with Gasteiger partial charge in [0.15, 0.2) is 0 Å². The van der Waals surface area contributed by atoms with Crippen LogP contribution in [0.15, 0.2) is 11.6 Å². The lowest BCUT2D eigenvalue weighted by atomic mass is 9.73. The van der Waals surface area contributed by atoms with E-state index in [0.717, 1.165) is 19.3 Å². The number of allylic oxidation sites excluding steroid dienone is 1. The van der Waals surface area contributed by atoms with E-state index in [4.69, 9.17) is 4.74 Å². The Bertz CT molecular complexity index is 494. The Morgan fingerprint density at radius 1 is 1.20 bits per heavy atom. The van der Waals surface area contributed by atoms with Crippen LogP contribution in [0, 0.1) is 17.3 Å². The summed E-state index contributed by atoms with van der Waals surface area (Å²) in [6.07, 6.45) is 3.29. The number of ether oxygens (including phenoxy) is 1. The number of aliphatic hydroxyl groups excluding tert-OH is 2. The highest BCUT2D eigenvalue weighted by molar-refractivity contribution is 5.87. The SMILES string of the molecule is CC1=CCCOC(=O)CC(O)C(C)(C)C(=O)C(C)C(O)C(C)CCC1. The molecule has 1 aliphatic rings. The number of ketones is 1. The summed E-state index contributed by atoms with van der Waals surface area (Å²) in [7, 11) is 0. The first-order valence-corrected chi connectivity index (χ1v) is 9.29. The molecule has 4 unspecified atom stereocenters. The first-order valence-electron chi connectivity index (χ1n) is 9.29. The van der Waals surface area contributed by atoms with Gasteiger partial charge < -0.3 is 14.9 Å². The number of cyclic esters (lactones) is 1. The topological polar surface area (TPSA) is 83.8 Å². The van der Waals surface area contributed by atoms with Crippen molar-refractivity contribution in [3.63, 3.8) is 0 Å². The lowest BCUT2D eigenvalue weighted by molar-refractivity contribution is -0.151. The van der Waals surface area contributed by atoms with Crippen LogP contribution in [-0.4, -0.2) is 40.8 Å². The Balaban J connectivity index is 2.97. The standard InChI is InChI=1S/C20H34O5/c1-13-8-6-10-14(2)18(23)15(3)19(24)20(4,5)16(21)12-17(22)25-11-7-9-13/h9,14-16,18,21,23H,6-8,10-12H2,1-5H3. The highest BCUT2D eigenvalue weighted by Gasteiger charge is 2.42. The summed E-state index contributed by atoms with van der Waals surface area (Å²) >= 11 is 0. The van der Waals surface area contributed by atoms with Gasteiger partial charge in [-0.3, -0.25) is 9.59 Å². The number of esters is 1. The normalized spacial score (nSPS) is 33.5. The van der Waals surface area contributed by atoms with E-state index in [0.29, 0.717) is 6.42 Å². The second kappa shape index (κ2) is 9.48. The van der Waals surface area contributed by atoms with E-state index in [-0.39, 0.29) is 24.7 Å². The molecule has 0 saturated carbocycles. The van der Waals surface area contributed by atoms with Crippen LogP contribution in [0.2, 0.25) is 0 Å². The van der Waals surface area contributed by atoms with E-state index >= 15 is 0 Å². The zero-order valence-electron chi connectivity index (χ0n) is 16.2. The smallest absolute Gasteiger partial charge is 0.308 e. The molecule has 1 rings (SSSR count). The van der Waals surface area contributed by atoms with Crippen molar-refractivity contribution >= 4 is 11.8 Å². The van der Waals surface area contributed by atoms with Crippen molar-refractivity contribution in [2.24, 2.45) is 17.3 Å². The fourth-order valence-corrected chi connectivity index (χ4v) is 3.32. The van der Waals surface area contributed by atoms with Crippen molar-refractivity contribution in [3.8, 4) is 0 Å². The molecule has 0 bridgehead atoms. The van der Waals surface area contributed by atoms with Gasteiger partial charge in [-0.2, -0.15) is 0 Å². The second-order valence-corrected chi connectivity index (χ2v) is 8.01. The van der Waals surface area contributed by atoms with Crippen LogP contribution in [-0.2, 0) is 14.3 Å². The first-order chi connectivity index (χ1) is 11.6. The quantitative estimate of drug-likeness (QED) is 0.516. The number of Topliss-reactive ketones (excluding diaryl/α,β-unsaturated/α-hetero) is 1. The zero-order chi connectivity index (χ0) is 19.2. The second-order valence-electron chi connectivity index (χ2n) is 8.01. The monoisotopic (exact) mass is 354 g/mol. The molecule has 2 N–H and O–H groups in total. The summed E-state index contributed by atoms with van der Waals surface area (Å²) in [4.78, 5) is 24.7. The molecule has 25 heavy (non-hydrogen) atoms. The van der Waals surface area contributed by atoms with Crippen LogP contribution < -0.4 is 0 Å². The van der Waals surface area contributed by atoms with Gasteiger partial charge in [0.1, 0.15) is 5.78 Å². The van der Waals surface area contributed by atoms with E-state index in [1.54, 1.807) is 20.8 Å². The highest BCUT2D eigenvalue weighted by Crippen LogP contribution is 2.31. The molecule has 0 aromatic rings. The molecule has 0 fully saturated rings. The van der Waals surface area contributed by atoms with Crippen molar-refractivity contribution < 1.29 is 24.5 Å². The summed E-state index contributed by atoms with van der Waals surface area (Å²) in [6, 6.07) is 0. The molecule has 1 aliphatic heterocycles. The van der Waals surface area contributed by atoms with Gasteiger partial charge in [-0.15, -0.1) is 0 Å². The van der Waals surface area contributed by atoms with E-state index in [1.165, 1.54) is 5.57 Å². The van der Waals surface area contributed by atoms with Gasteiger partial charge in [-0.25, -0.2) is 0 Å². The number of hydrogen-bond donors (Lipinski definition) is 2. The fraction of sp³-hybridized carbons (Fsp3) is 0.800. The first kappa shape index (κ1) is 21.8. The molecule has 0 radical (unpaired) electrons. The van der Waals surface area contributed by atoms with Crippen molar-refractivity contribution in [1.29, 1.82) is 0 Å². The van der Waals surface area contributed by atoms with E-state index < -0.39 is 29.5 Å². The lowest BCUT2D eigenvalue weighted by Gasteiger charge is -2.34. The minimum atomic E-state index is -1.14. The molecule has 0 amide bonds. The van der Waals surface area contributed by atoms with Gasteiger partial charge in [0.2, 0.25) is 0 Å². The molecule has 5 nitrogen and oxygen atoms in total. The average Bonchev–Trinajstić information content (AvgIpc) is 2.55. The Morgan fingerprint density at radius 2 is 1.84 bits per heavy atom. The van der Waals surface area contributed by atoms with Crippen molar-refractivity contribution in [1.82, 2.24) is 0 Å². The Hall–Kier alpha value is -1.20. The van der Waals surface area contributed by atoms with Crippen LogP contribution in [0.1, 0.15) is 66.7 Å². The van der Waals surface area contributed by atoms with Gasteiger partial charge in [0.05, 0.1) is 30.7 Å². The molecular weight excluding hydrogens is 320 g/mol. The number of carbonyl (C=O) groups is 2. The predicted octanol–water partition coefficient (Wildman–Crippen LogP) is 3.03. The van der Waals surface area contributed by atoms with Gasteiger partial charge in [0, 0.05) is 5.92 Å². The minimum Gasteiger partial charge on any atom is -0.465 e.